The smallest absolute Gasteiger partial charge is 0.387 e. The average Bonchev–Trinajstić information content (AvgIpc) is 3.07. The molecule has 3 aromatic rings. The van der Waals surface area contributed by atoms with E-state index < -0.39 is 6.61 Å². The molecule has 10 heteroatoms. The highest BCUT2D eigenvalue weighted by molar-refractivity contribution is 5.93. The maximum Gasteiger partial charge on any atom is 0.387 e. The predicted molar refractivity (Wildman–Crippen MR) is 94.2 cm³/mol. The molecule has 27 heavy (non-hydrogen) atoms. The second-order valence-electron chi connectivity index (χ2n) is 6.10. The van der Waals surface area contributed by atoms with Gasteiger partial charge in [-0.05, 0) is 24.3 Å². The largest absolute Gasteiger partial charge is 0.435 e. The number of rotatable bonds is 4. The number of ether oxygens (including phenoxy) is 2. The highest BCUT2D eigenvalue weighted by atomic mass is 19.3. The molecule has 1 aromatic carbocycles. The van der Waals surface area contributed by atoms with Gasteiger partial charge in [0, 0.05) is 25.5 Å². The molecule has 1 N–H and O–H groups in total. The minimum Gasteiger partial charge on any atom is -0.435 e. The monoisotopic (exact) mass is 377 g/mol. The highest BCUT2D eigenvalue weighted by Crippen LogP contribution is 2.29. The third kappa shape index (κ3) is 3.35. The topological polar surface area (TPSA) is 85.3 Å². The van der Waals surface area contributed by atoms with Gasteiger partial charge in [-0.2, -0.15) is 19.0 Å². The summed E-state index contributed by atoms with van der Waals surface area (Å²) in [5.74, 6) is 0.0263. The second-order valence-corrected chi connectivity index (χ2v) is 6.10. The molecule has 0 radical (unpaired) electrons. The third-order valence-electron chi connectivity index (χ3n) is 4.40. The minimum absolute atomic E-state index is 0.0263. The van der Waals surface area contributed by atoms with E-state index >= 15 is 0 Å². The molecule has 0 spiro atoms. The van der Waals surface area contributed by atoms with Crippen molar-refractivity contribution in [3.63, 3.8) is 0 Å². The lowest BCUT2D eigenvalue weighted by Crippen LogP contribution is -2.40. The number of anilines is 1. The second kappa shape index (κ2) is 6.95. The molecule has 1 fully saturated rings. The number of fused-ring (bicyclic) bond motifs is 1. The van der Waals surface area contributed by atoms with Crippen LogP contribution in [0.1, 0.15) is 0 Å². The van der Waals surface area contributed by atoms with E-state index in [4.69, 9.17) is 4.74 Å². The van der Waals surface area contributed by atoms with Crippen molar-refractivity contribution in [2.75, 3.05) is 31.2 Å². The van der Waals surface area contributed by atoms with Gasteiger partial charge in [-0.25, -0.2) is 4.68 Å². The fourth-order valence-corrected chi connectivity index (χ4v) is 3.10. The van der Waals surface area contributed by atoms with Crippen molar-refractivity contribution in [3.05, 3.63) is 34.6 Å². The molecule has 0 saturated carbocycles. The fraction of sp³-hybridized carbons (Fsp3) is 0.353. The van der Waals surface area contributed by atoms with E-state index in [9.17, 15) is 13.6 Å². The molecule has 0 aliphatic carbocycles. The summed E-state index contributed by atoms with van der Waals surface area (Å²) in [7, 11) is 1.57. The van der Waals surface area contributed by atoms with Crippen LogP contribution in [0.15, 0.2) is 29.1 Å². The molecule has 0 amide bonds. The Kier molecular flexibility index (Phi) is 4.48. The summed E-state index contributed by atoms with van der Waals surface area (Å²) in [5.41, 5.74) is 1.84. The Morgan fingerprint density at radius 2 is 2.04 bits per heavy atom. The zero-order chi connectivity index (χ0) is 19.0. The van der Waals surface area contributed by atoms with E-state index in [-0.39, 0.29) is 11.3 Å². The van der Waals surface area contributed by atoms with Gasteiger partial charge in [-0.1, -0.05) is 0 Å². The van der Waals surface area contributed by atoms with Gasteiger partial charge in [-0.3, -0.25) is 9.89 Å². The highest BCUT2D eigenvalue weighted by Gasteiger charge is 2.19. The quantitative estimate of drug-likeness (QED) is 0.746. The van der Waals surface area contributed by atoms with Gasteiger partial charge in [0.2, 0.25) is 0 Å². The molecule has 4 rings (SSSR count). The Labute approximate surface area is 152 Å². The summed E-state index contributed by atoms with van der Waals surface area (Å²) >= 11 is 0. The molecule has 0 atom stereocenters. The van der Waals surface area contributed by atoms with Gasteiger partial charge in [0.05, 0.1) is 18.7 Å². The minimum atomic E-state index is -2.92. The van der Waals surface area contributed by atoms with Crippen molar-refractivity contribution in [1.29, 1.82) is 0 Å². The molecule has 1 aliphatic rings. The first-order valence-corrected chi connectivity index (χ1v) is 8.37. The van der Waals surface area contributed by atoms with E-state index in [2.05, 4.69) is 20.0 Å². The number of hydrogen-bond acceptors (Lipinski definition) is 6. The van der Waals surface area contributed by atoms with Crippen LogP contribution >= 0.6 is 0 Å². The van der Waals surface area contributed by atoms with Crippen LogP contribution < -0.4 is 15.2 Å². The van der Waals surface area contributed by atoms with Crippen molar-refractivity contribution in [2.45, 2.75) is 6.61 Å². The fourth-order valence-electron chi connectivity index (χ4n) is 3.10. The van der Waals surface area contributed by atoms with E-state index in [1.54, 1.807) is 19.2 Å². The van der Waals surface area contributed by atoms with E-state index in [1.165, 1.54) is 16.8 Å². The molecular formula is C17H17F2N5O3. The number of hydrogen-bond donors (Lipinski definition) is 1. The van der Waals surface area contributed by atoms with Gasteiger partial charge >= 0.3 is 6.61 Å². The van der Waals surface area contributed by atoms with Crippen molar-refractivity contribution in [3.8, 4) is 17.1 Å². The summed E-state index contributed by atoms with van der Waals surface area (Å²) in [6.45, 7) is -0.624. The van der Waals surface area contributed by atoms with Gasteiger partial charge < -0.3 is 14.4 Å². The number of aromatic amines is 1. The average molecular weight is 377 g/mol. The summed E-state index contributed by atoms with van der Waals surface area (Å²) in [5, 5.41) is 12.0. The standard InChI is InChI=1S/C17H17F2N5O3/c1-23-16(25)14(24-4-6-26-7-5-24)9-13(22-23)15-11-8-10(27-17(18)19)2-3-12(11)20-21-15/h2-3,8-9,17H,4-7H2,1H3,(H,20,21). The van der Waals surface area contributed by atoms with Gasteiger partial charge in [0.15, 0.2) is 0 Å². The maximum atomic E-state index is 12.5. The molecule has 3 heterocycles. The summed E-state index contributed by atoms with van der Waals surface area (Å²) < 4.78 is 36.1. The Bertz CT molecular complexity index is 1030. The molecule has 1 saturated heterocycles. The van der Waals surface area contributed by atoms with Crippen LogP contribution in [-0.4, -0.2) is 52.9 Å². The first-order valence-electron chi connectivity index (χ1n) is 8.37. The number of morpholine rings is 1. The molecule has 0 unspecified atom stereocenters. The number of nitrogens with one attached hydrogen (secondary N) is 1. The predicted octanol–water partition coefficient (Wildman–Crippen LogP) is 1.76. The van der Waals surface area contributed by atoms with E-state index in [0.717, 1.165) is 0 Å². The van der Waals surface area contributed by atoms with E-state index in [0.29, 0.717) is 54.3 Å². The number of aromatic nitrogens is 4. The maximum absolute atomic E-state index is 12.5. The SMILES string of the molecule is Cn1nc(-c2n[nH]c3ccc(OC(F)F)cc23)cc(N2CCOCC2)c1=O. The van der Waals surface area contributed by atoms with Crippen LogP contribution in [0.4, 0.5) is 14.5 Å². The first-order chi connectivity index (χ1) is 13.0. The Balaban J connectivity index is 1.81. The van der Waals surface area contributed by atoms with Crippen LogP contribution in [0, 0.1) is 0 Å². The van der Waals surface area contributed by atoms with Crippen molar-refractivity contribution >= 4 is 16.6 Å². The van der Waals surface area contributed by atoms with Crippen LogP contribution in [-0.2, 0) is 11.8 Å². The lowest BCUT2D eigenvalue weighted by molar-refractivity contribution is -0.0497. The normalized spacial score (nSPS) is 14.9. The summed E-state index contributed by atoms with van der Waals surface area (Å²) in [6, 6.07) is 6.18. The summed E-state index contributed by atoms with van der Waals surface area (Å²) in [4.78, 5) is 14.5. The first kappa shape index (κ1) is 17.4. The van der Waals surface area contributed by atoms with Crippen LogP contribution in [0.2, 0.25) is 0 Å². The lowest BCUT2D eigenvalue weighted by Gasteiger charge is -2.28. The molecule has 2 aromatic heterocycles. The van der Waals surface area contributed by atoms with Gasteiger partial charge in [0.25, 0.3) is 5.56 Å². The van der Waals surface area contributed by atoms with Crippen molar-refractivity contribution in [2.24, 2.45) is 7.05 Å². The Morgan fingerprint density at radius 1 is 1.26 bits per heavy atom. The number of halogens is 2. The van der Waals surface area contributed by atoms with Crippen LogP contribution in [0.25, 0.3) is 22.3 Å². The molecule has 8 nitrogen and oxygen atoms in total. The Hall–Kier alpha value is -3.01. The molecular weight excluding hydrogens is 360 g/mol. The number of alkyl halides is 2. The van der Waals surface area contributed by atoms with Gasteiger partial charge in [-0.15, -0.1) is 0 Å². The zero-order valence-electron chi connectivity index (χ0n) is 14.5. The van der Waals surface area contributed by atoms with Gasteiger partial charge in [0.1, 0.15) is 22.8 Å². The molecule has 0 bridgehead atoms. The van der Waals surface area contributed by atoms with E-state index in [1.807, 2.05) is 4.90 Å². The summed E-state index contributed by atoms with van der Waals surface area (Å²) in [6.07, 6.45) is 0. The third-order valence-corrected chi connectivity index (χ3v) is 4.40. The van der Waals surface area contributed by atoms with Crippen LogP contribution in [0.3, 0.4) is 0 Å². The number of H-pyrrole nitrogens is 1. The Morgan fingerprint density at radius 3 is 2.78 bits per heavy atom. The molecule has 142 valence electrons. The zero-order valence-corrected chi connectivity index (χ0v) is 14.5. The molecule has 1 aliphatic heterocycles. The van der Waals surface area contributed by atoms with Crippen LogP contribution in [0.5, 0.6) is 5.75 Å². The lowest BCUT2D eigenvalue weighted by atomic mass is 10.1. The van der Waals surface area contributed by atoms with Crippen molar-refractivity contribution < 1.29 is 18.3 Å². The number of benzene rings is 1. The number of nitrogens with zero attached hydrogens (tertiary/aromatic N) is 4. The van der Waals surface area contributed by atoms with Crippen molar-refractivity contribution in [1.82, 2.24) is 20.0 Å². The number of aryl methyl sites for hydroxylation is 1.